The van der Waals surface area contributed by atoms with Crippen LogP contribution in [0.25, 0.3) is 0 Å². The highest BCUT2D eigenvalue weighted by Gasteiger charge is 2.25. The fourth-order valence-corrected chi connectivity index (χ4v) is 1.26. The molecule has 0 aliphatic carbocycles. The third-order valence-electron chi connectivity index (χ3n) is 3.00. The molecule has 0 aliphatic rings. The lowest BCUT2D eigenvalue weighted by Crippen LogP contribution is -2.40. The van der Waals surface area contributed by atoms with Crippen molar-refractivity contribution in [1.82, 2.24) is 5.32 Å². The second-order valence-corrected chi connectivity index (χ2v) is 4.24. The summed E-state index contributed by atoms with van der Waals surface area (Å²) in [7, 11) is 0. The number of aliphatic hydroxyl groups excluding tert-OH is 1. The highest BCUT2D eigenvalue weighted by atomic mass is 16.3. The maximum absolute atomic E-state index is 11.3. The van der Waals surface area contributed by atoms with Gasteiger partial charge in [-0.25, -0.2) is 0 Å². The molecular formula is C11H23NO2. The second-order valence-electron chi connectivity index (χ2n) is 4.24. The molecule has 84 valence electrons. The van der Waals surface area contributed by atoms with E-state index in [0.29, 0.717) is 6.54 Å². The summed E-state index contributed by atoms with van der Waals surface area (Å²) in [6, 6.07) is 0. The summed E-state index contributed by atoms with van der Waals surface area (Å²) in [5, 5.41) is 12.2. The predicted octanol–water partition coefficient (Wildman–Crippen LogP) is 1.56. The van der Waals surface area contributed by atoms with Gasteiger partial charge in [0.1, 0.15) is 0 Å². The van der Waals surface area contributed by atoms with Gasteiger partial charge in [0.05, 0.1) is 6.61 Å². The Morgan fingerprint density at radius 2 is 1.86 bits per heavy atom. The molecule has 0 aromatic heterocycles. The zero-order valence-electron chi connectivity index (χ0n) is 9.76. The Hall–Kier alpha value is -0.570. The van der Waals surface area contributed by atoms with Gasteiger partial charge < -0.3 is 10.4 Å². The monoisotopic (exact) mass is 201 g/mol. The smallest absolute Gasteiger partial charge is 0.222 e. The molecule has 0 heterocycles. The molecule has 0 spiro atoms. The van der Waals surface area contributed by atoms with Crippen LogP contribution in [0.5, 0.6) is 0 Å². The number of hydrogen-bond donors (Lipinski definition) is 2. The van der Waals surface area contributed by atoms with E-state index in [1.165, 1.54) is 0 Å². The first kappa shape index (κ1) is 13.4. The van der Waals surface area contributed by atoms with E-state index in [-0.39, 0.29) is 23.8 Å². The van der Waals surface area contributed by atoms with Gasteiger partial charge in [-0.15, -0.1) is 0 Å². The van der Waals surface area contributed by atoms with E-state index in [9.17, 15) is 9.90 Å². The van der Waals surface area contributed by atoms with Crippen molar-refractivity contribution in [3.05, 3.63) is 0 Å². The molecule has 14 heavy (non-hydrogen) atoms. The summed E-state index contributed by atoms with van der Waals surface area (Å²) in [5.74, 6) is 0.0739. The fraction of sp³-hybridized carbons (Fsp3) is 0.909. The van der Waals surface area contributed by atoms with E-state index in [4.69, 9.17) is 0 Å². The maximum atomic E-state index is 11.3. The van der Waals surface area contributed by atoms with Crippen molar-refractivity contribution in [2.75, 3.05) is 13.2 Å². The van der Waals surface area contributed by atoms with Gasteiger partial charge in [-0.3, -0.25) is 4.79 Å². The number of nitrogens with one attached hydrogen (secondary N) is 1. The molecule has 3 heteroatoms. The van der Waals surface area contributed by atoms with Gasteiger partial charge in [-0.05, 0) is 12.8 Å². The first-order chi connectivity index (χ1) is 6.51. The standard InChI is InChI=1S/C11H23NO2/c1-5-11(6-2,8-13)7-12-10(14)9(3)4/h9,13H,5-8H2,1-4H3,(H,12,14). The van der Waals surface area contributed by atoms with Gasteiger partial charge in [0.25, 0.3) is 0 Å². The highest BCUT2D eigenvalue weighted by Crippen LogP contribution is 2.24. The Balaban J connectivity index is 4.12. The summed E-state index contributed by atoms with van der Waals surface area (Å²) >= 11 is 0. The van der Waals surface area contributed by atoms with Crippen LogP contribution < -0.4 is 5.32 Å². The molecule has 0 aromatic rings. The van der Waals surface area contributed by atoms with Crippen molar-refractivity contribution in [3.63, 3.8) is 0 Å². The van der Waals surface area contributed by atoms with Crippen molar-refractivity contribution in [2.45, 2.75) is 40.5 Å². The van der Waals surface area contributed by atoms with Crippen molar-refractivity contribution in [3.8, 4) is 0 Å². The first-order valence-corrected chi connectivity index (χ1v) is 5.40. The molecule has 0 saturated carbocycles. The molecule has 1 amide bonds. The first-order valence-electron chi connectivity index (χ1n) is 5.40. The van der Waals surface area contributed by atoms with Crippen molar-refractivity contribution in [1.29, 1.82) is 0 Å². The Labute approximate surface area is 86.9 Å². The van der Waals surface area contributed by atoms with Crippen LogP contribution in [0.4, 0.5) is 0 Å². The third kappa shape index (κ3) is 3.66. The number of carbonyl (C=O) groups is 1. The Kier molecular flexibility index (Phi) is 5.77. The van der Waals surface area contributed by atoms with E-state index in [1.807, 2.05) is 27.7 Å². The molecule has 0 aliphatic heterocycles. The Bertz CT molecular complexity index is 166. The zero-order chi connectivity index (χ0) is 11.2. The van der Waals surface area contributed by atoms with E-state index in [2.05, 4.69) is 5.32 Å². The quantitative estimate of drug-likeness (QED) is 0.685. The summed E-state index contributed by atoms with van der Waals surface area (Å²) in [6.45, 7) is 8.54. The van der Waals surface area contributed by atoms with E-state index < -0.39 is 0 Å². The summed E-state index contributed by atoms with van der Waals surface area (Å²) in [4.78, 5) is 11.3. The molecule has 0 unspecified atom stereocenters. The normalized spacial score (nSPS) is 11.9. The molecule has 2 N–H and O–H groups in total. The summed E-state index contributed by atoms with van der Waals surface area (Å²) < 4.78 is 0. The molecule has 0 bridgehead atoms. The molecule has 0 saturated heterocycles. The zero-order valence-corrected chi connectivity index (χ0v) is 9.76. The van der Waals surface area contributed by atoms with Crippen LogP contribution in [0, 0.1) is 11.3 Å². The number of carbonyl (C=O) groups excluding carboxylic acids is 1. The average molecular weight is 201 g/mol. The summed E-state index contributed by atoms with van der Waals surface area (Å²) in [6.07, 6.45) is 1.77. The topological polar surface area (TPSA) is 49.3 Å². The predicted molar refractivity (Wildman–Crippen MR) is 57.9 cm³/mol. The van der Waals surface area contributed by atoms with Crippen molar-refractivity contribution in [2.24, 2.45) is 11.3 Å². The van der Waals surface area contributed by atoms with E-state index >= 15 is 0 Å². The lowest BCUT2D eigenvalue weighted by Gasteiger charge is -2.29. The van der Waals surface area contributed by atoms with Crippen molar-refractivity contribution >= 4 is 5.91 Å². The molecular weight excluding hydrogens is 178 g/mol. The van der Waals surface area contributed by atoms with Crippen LogP contribution in [0.2, 0.25) is 0 Å². The van der Waals surface area contributed by atoms with Crippen LogP contribution in [0.1, 0.15) is 40.5 Å². The van der Waals surface area contributed by atoms with Gasteiger partial charge in [0, 0.05) is 17.9 Å². The largest absolute Gasteiger partial charge is 0.396 e. The molecule has 0 radical (unpaired) electrons. The summed E-state index contributed by atoms with van der Waals surface area (Å²) in [5.41, 5.74) is -0.134. The SMILES string of the molecule is CCC(CC)(CO)CNC(=O)C(C)C. The number of rotatable bonds is 6. The van der Waals surface area contributed by atoms with Gasteiger partial charge in [-0.1, -0.05) is 27.7 Å². The maximum Gasteiger partial charge on any atom is 0.222 e. The lowest BCUT2D eigenvalue weighted by molar-refractivity contribution is -0.124. The van der Waals surface area contributed by atoms with E-state index in [1.54, 1.807) is 0 Å². The third-order valence-corrected chi connectivity index (χ3v) is 3.00. The second kappa shape index (κ2) is 6.02. The van der Waals surface area contributed by atoms with Crippen LogP contribution in [0.15, 0.2) is 0 Å². The van der Waals surface area contributed by atoms with Crippen LogP contribution >= 0.6 is 0 Å². The Morgan fingerprint density at radius 1 is 1.36 bits per heavy atom. The molecule has 0 atom stereocenters. The minimum Gasteiger partial charge on any atom is -0.396 e. The number of hydrogen-bond acceptors (Lipinski definition) is 2. The van der Waals surface area contributed by atoms with Gasteiger partial charge in [-0.2, -0.15) is 0 Å². The van der Waals surface area contributed by atoms with Gasteiger partial charge in [0.2, 0.25) is 5.91 Å². The number of amides is 1. The molecule has 0 aromatic carbocycles. The van der Waals surface area contributed by atoms with Gasteiger partial charge >= 0.3 is 0 Å². The highest BCUT2D eigenvalue weighted by molar-refractivity contribution is 5.77. The minimum absolute atomic E-state index is 0.0140. The van der Waals surface area contributed by atoms with Crippen LogP contribution in [-0.2, 0) is 4.79 Å². The molecule has 3 nitrogen and oxygen atoms in total. The average Bonchev–Trinajstić information content (AvgIpc) is 2.20. The van der Waals surface area contributed by atoms with Crippen LogP contribution in [-0.4, -0.2) is 24.2 Å². The van der Waals surface area contributed by atoms with Crippen LogP contribution in [0.3, 0.4) is 0 Å². The van der Waals surface area contributed by atoms with Crippen molar-refractivity contribution < 1.29 is 9.90 Å². The van der Waals surface area contributed by atoms with Gasteiger partial charge in [0.15, 0.2) is 0 Å². The number of aliphatic hydroxyl groups is 1. The lowest BCUT2D eigenvalue weighted by atomic mass is 9.83. The molecule has 0 rings (SSSR count). The minimum atomic E-state index is -0.134. The molecule has 0 fully saturated rings. The van der Waals surface area contributed by atoms with E-state index in [0.717, 1.165) is 12.8 Å². The Morgan fingerprint density at radius 3 is 2.14 bits per heavy atom. The fourth-order valence-electron chi connectivity index (χ4n) is 1.26.